The van der Waals surface area contributed by atoms with Gasteiger partial charge < -0.3 is 9.05 Å². The van der Waals surface area contributed by atoms with E-state index in [0.29, 0.717) is 13.2 Å². The third-order valence-corrected chi connectivity index (χ3v) is 7.73. The van der Waals surface area contributed by atoms with E-state index in [9.17, 15) is 0 Å². The molecule has 0 aliphatic carbocycles. The molecule has 0 aromatic carbocycles. The molecule has 0 unspecified atom stereocenters. The van der Waals surface area contributed by atoms with Crippen molar-refractivity contribution in [3.8, 4) is 0 Å². The zero-order chi connectivity index (χ0) is 11.6. The number of hydrogen-bond donors (Lipinski definition) is 0. The van der Waals surface area contributed by atoms with Crippen molar-refractivity contribution in [3.63, 3.8) is 0 Å². The quantitative estimate of drug-likeness (QED) is 0.442. The predicted octanol–water partition coefficient (Wildman–Crippen LogP) is 4.16. The van der Waals surface area contributed by atoms with Gasteiger partial charge >= 0.3 is 0 Å². The van der Waals surface area contributed by atoms with E-state index in [1.54, 1.807) is 11.4 Å². The monoisotopic (exact) mass is 288 g/mol. The highest BCUT2D eigenvalue weighted by Crippen LogP contribution is 2.61. The molecule has 0 rings (SSSR count). The molecule has 0 aliphatic heterocycles. The van der Waals surface area contributed by atoms with Gasteiger partial charge in [-0.25, -0.2) is 0 Å². The van der Waals surface area contributed by atoms with Gasteiger partial charge in [-0.15, -0.1) is 0 Å². The minimum absolute atomic E-state index is 0.716. The Balaban J connectivity index is 3.96. The zero-order valence-corrected chi connectivity index (χ0v) is 13.1. The summed E-state index contributed by atoms with van der Waals surface area (Å²) < 4.78 is 11.4. The van der Waals surface area contributed by atoms with Gasteiger partial charge in [0.05, 0.1) is 13.2 Å². The first-order valence-electron chi connectivity index (χ1n) is 5.21. The summed E-state index contributed by atoms with van der Waals surface area (Å²) >= 11 is 8.98. The summed E-state index contributed by atoms with van der Waals surface area (Å²) in [6, 6.07) is 0. The van der Waals surface area contributed by atoms with Gasteiger partial charge in [-0.2, -0.15) is 11.8 Å². The first-order chi connectivity index (χ1) is 7.18. The Labute approximate surface area is 107 Å². The van der Waals surface area contributed by atoms with E-state index >= 15 is 0 Å². The maximum absolute atomic E-state index is 5.68. The van der Waals surface area contributed by atoms with Crippen LogP contribution in [0.25, 0.3) is 0 Å². The fourth-order valence-electron chi connectivity index (χ4n) is 0.750. The maximum Gasteiger partial charge on any atom is 0.247 e. The first kappa shape index (κ1) is 16.3. The minimum Gasteiger partial charge on any atom is -0.322 e. The van der Waals surface area contributed by atoms with Crippen molar-refractivity contribution in [1.82, 2.24) is 0 Å². The lowest BCUT2D eigenvalue weighted by atomic mass is 10.5. The fourth-order valence-corrected chi connectivity index (χ4v) is 6.33. The molecule has 0 spiro atoms. The molecule has 0 amide bonds. The number of hydrogen-bond acceptors (Lipinski definition) is 5. The molecule has 0 atom stereocenters. The second kappa shape index (κ2) is 10.4. The average Bonchev–Trinajstić information content (AvgIpc) is 2.24. The Hall–Kier alpha value is 1.27. The minimum atomic E-state index is -2.05. The van der Waals surface area contributed by atoms with E-state index in [1.165, 1.54) is 0 Å². The number of thioether (sulfide) groups is 1. The lowest BCUT2D eigenvalue weighted by Crippen LogP contribution is -1.96. The molecule has 0 aliphatic rings. The molecule has 0 radical (unpaired) electrons. The van der Waals surface area contributed by atoms with Crippen LogP contribution < -0.4 is 0 Å². The molecule has 0 heterocycles. The summed E-state index contributed by atoms with van der Waals surface area (Å²) in [5, 5.41) is 0. The SMILES string of the molecule is CCCOP(=S)(OCCC)SCCSC. The topological polar surface area (TPSA) is 18.5 Å². The summed E-state index contributed by atoms with van der Waals surface area (Å²) in [4.78, 5) is 0. The molecule has 0 saturated heterocycles. The van der Waals surface area contributed by atoms with Crippen LogP contribution in [0, 0.1) is 0 Å². The third kappa shape index (κ3) is 9.02. The van der Waals surface area contributed by atoms with Crippen molar-refractivity contribution in [2.45, 2.75) is 26.7 Å². The van der Waals surface area contributed by atoms with Crippen LogP contribution in [-0.4, -0.2) is 31.0 Å². The average molecular weight is 288 g/mol. The van der Waals surface area contributed by atoms with E-state index in [0.717, 1.165) is 24.3 Å². The number of rotatable bonds is 10. The molecule has 0 N–H and O–H groups in total. The molecule has 15 heavy (non-hydrogen) atoms. The van der Waals surface area contributed by atoms with Gasteiger partial charge in [-0.1, -0.05) is 25.2 Å². The Bertz CT molecular complexity index is 178. The molecule has 6 heteroatoms. The molecular formula is C9H21O2PS3. The second-order valence-electron chi connectivity index (χ2n) is 2.94. The highest BCUT2D eigenvalue weighted by atomic mass is 32.9. The van der Waals surface area contributed by atoms with E-state index in [4.69, 9.17) is 20.9 Å². The van der Waals surface area contributed by atoms with Gasteiger partial charge in [-0.05, 0) is 30.9 Å². The van der Waals surface area contributed by atoms with Crippen LogP contribution in [0.2, 0.25) is 0 Å². The van der Waals surface area contributed by atoms with Crippen molar-refractivity contribution in [2.24, 2.45) is 0 Å². The lowest BCUT2D eigenvalue weighted by molar-refractivity contribution is 0.260. The van der Waals surface area contributed by atoms with Crippen LogP contribution in [0.1, 0.15) is 26.7 Å². The standard InChI is InChI=1S/C9H21O2PS3/c1-4-6-10-12(13,11-7-5-2)15-9-8-14-3/h4-9H2,1-3H3. The van der Waals surface area contributed by atoms with Gasteiger partial charge in [-0.3, -0.25) is 0 Å². The molecule has 0 aromatic heterocycles. The highest BCUT2D eigenvalue weighted by molar-refractivity contribution is 8.68. The van der Waals surface area contributed by atoms with Crippen LogP contribution in [0.5, 0.6) is 0 Å². The predicted molar refractivity (Wildman–Crippen MR) is 77.6 cm³/mol. The molecule has 0 fully saturated rings. The fraction of sp³-hybridized carbons (Fsp3) is 1.00. The molecule has 0 bridgehead atoms. The van der Waals surface area contributed by atoms with E-state index < -0.39 is 5.69 Å². The van der Waals surface area contributed by atoms with Crippen LogP contribution in [0.3, 0.4) is 0 Å². The summed E-state index contributed by atoms with van der Waals surface area (Å²) in [7, 11) is 0. The van der Waals surface area contributed by atoms with Crippen LogP contribution >= 0.6 is 28.8 Å². The van der Waals surface area contributed by atoms with Crippen LogP contribution in [0.15, 0.2) is 0 Å². The van der Waals surface area contributed by atoms with Crippen molar-refractivity contribution < 1.29 is 9.05 Å². The van der Waals surface area contributed by atoms with Crippen LogP contribution in [0.4, 0.5) is 0 Å². The van der Waals surface area contributed by atoms with Gasteiger partial charge in [0, 0.05) is 11.5 Å². The largest absolute Gasteiger partial charge is 0.322 e. The summed E-state index contributed by atoms with van der Waals surface area (Å²) in [5.74, 6) is 2.12. The van der Waals surface area contributed by atoms with Gasteiger partial charge in [0.1, 0.15) is 0 Å². The van der Waals surface area contributed by atoms with Gasteiger partial charge in [0.15, 0.2) is 0 Å². The van der Waals surface area contributed by atoms with E-state index in [-0.39, 0.29) is 0 Å². The van der Waals surface area contributed by atoms with Crippen molar-refractivity contribution in [3.05, 3.63) is 0 Å². The summed E-state index contributed by atoms with van der Waals surface area (Å²) in [6.07, 6.45) is 4.10. The summed E-state index contributed by atoms with van der Waals surface area (Å²) in [6.45, 7) is 5.61. The molecule has 92 valence electrons. The highest BCUT2D eigenvalue weighted by Gasteiger charge is 2.18. The van der Waals surface area contributed by atoms with Crippen LogP contribution in [-0.2, 0) is 20.9 Å². The van der Waals surface area contributed by atoms with Gasteiger partial charge in [0.2, 0.25) is 5.69 Å². The van der Waals surface area contributed by atoms with Crippen molar-refractivity contribution >= 4 is 40.6 Å². The Kier molecular flexibility index (Phi) is 11.3. The first-order valence-corrected chi connectivity index (χ1v) is 10.8. The Morgan fingerprint density at radius 3 is 2.00 bits per heavy atom. The van der Waals surface area contributed by atoms with E-state index in [2.05, 4.69) is 20.1 Å². The lowest BCUT2D eigenvalue weighted by Gasteiger charge is -2.20. The second-order valence-corrected chi connectivity index (χ2v) is 10.4. The molecular weight excluding hydrogens is 267 g/mol. The normalized spacial score (nSPS) is 11.9. The van der Waals surface area contributed by atoms with Crippen molar-refractivity contribution in [1.29, 1.82) is 0 Å². The maximum atomic E-state index is 5.68. The molecule has 2 nitrogen and oxygen atoms in total. The zero-order valence-electron chi connectivity index (χ0n) is 9.73. The summed E-state index contributed by atoms with van der Waals surface area (Å²) in [5.41, 5.74) is -2.05. The smallest absolute Gasteiger partial charge is 0.247 e. The van der Waals surface area contributed by atoms with Gasteiger partial charge in [0.25, 0.3) is 0 Å². The Morgan fingerprint density at radius 1 is 1.07 bits per heavy atom. The van der Waals surface area contributed by atoms with Crippen molar-refractivity contribution in [2.75, 3.05) is 31.0 Å². The molecule has 0 aromatic rings. The Morgan fingerprint density at radius 2 is 1.60 bits per heavy atom. The van der Waals surface area contributed by atoms with E-state index in [1.807, 2.05) is 11.8 Å². The molecule has 0 saturated carbocycles. The third-order valence-electron chi connectivity index (χ3n) is 1.44.